The number of hydrogen-bond acceptors (Lipinski definition) is 3. The molecule has 2 aromatic carbocycles. The van der Waals surface area contributed by atoms with Gasteiger partial charge >= 0.3 is 6.09 Å². The number of amides is 1. The van der Waals surface area contributed by atoms with Crippen LogP contribution in [-0.4, -0.2) is 19.7 Å². The summed E-state index contributed by atoms with van der Waals surface area (Å²) in [6, 6.07) is 17.9. The molecule has 0 aliphatic rings. The van der Waals surface area contributed by atoms with Crippen molar-refractivity contribution in [2.24, 2.45) is 0 Å². The second-order valence-electron chi connectivity index (χ2n) is 5.12. The van der Waals surface area contributed by atoms with Crippen LogP contribution in [0.2, 0.25) is 0 Å². The van der Waals surface area contributed by atoms with Crippen LogP contribution in [-0.2, 0) is 17.9 Å². The van der Waals surface area contributed by atoms with Crippen molar-refractivity contribution in [1.82, 2.24) is 10.6 Å². The molecule has 0 fully saturated rings. The standard InChI is InChI=1S/C19H22N2O2/c1-20-14-17-11-9-16(10-12-17)8-5-13-21-19(22)23-15-18-6-3-2-4-7-18/h2-12,20H,13-15H2,1H3,(H,21,22). The Hall–Kier alpha value is -2.59. The van der Waals surface area contributed by atoms with E-state index in [4.69, 9.17) is 4.74 Å². The second-order valence-corrected chi connectivity index (χ2v) is 5.12. The van der Waals surface area contributed by atoms with Gasteiger partial charge in [0, 0.05) is 13.1 Å². The lowest BCUT2D eigenvalue weighted by atomic mass is 10.1. The molecule has 2 N–H and O–H groups in total. The summed E-state index contributed by atoms with van der Waals surface area (Å²) in [6.07, 6.45) is 3.46. The first kappa shape index (κ1) is 16.8. The van der Waals surface area contributed by atoms with Crippen molar-refractivity contribution in [3.63, 3.8) is 0 Å². The van der Waals surface area contributed by atoms with Crippen molar-refractivity contribution in [2.75, 3.05) is 13.6 Å². The van der Waals surface area contributed by atoms with Gasteiger partial charge in [0.05, 0.1) is 0 Å². The first-order valence-electron chi connectivity index (χ1n) is 7.62. The molecule has 2 rings (SSSR count). The first-order valence-corrected chi connectivity index (χ1v) is 7.62. The Morgan fingerprint density at radius 3 is 2.48 bits per heavy atom. The third-order valence-corrected chi connectivity index (χ3v) is 3.25. The summed E-state index contributed by atoms with van der Waals surface area (Å²) in [4.78, 5) is 11.6. The number of alkyl carbamates (subject to hydrolysis) is 1. The molecule has 0 heterocycles. The van der Waals surface area contributed by atoms with Crippen LogP contribution in [0, 0.1) is 0 Å². The molecule has 4 nitrogen and oxygen atoms in total. The van der Waals surface area contributed by atoms with Crippen molar-refractivity contribution in [3.05, 3.63) is 77.4 Å². The summed E-state index contributed by atoms with van der Waals surface area (Å²) < 4.78 is 5.13. The molecular formula is C19H22N2O2. The Bertz CT molecular complexity index is 622. The van der Waals surface area contributed by atoms with Gasteiger partial charge in [-0.2, -0.15) is 0 Å². The van der Waals surface area contributed by atoms with Crippen LogP contribution in [0.15, 0.2) is 60.7 Å². The highest BCUT2D eigenvalue weighted by Crippen LogP contribution is 2.06. The second kappa shape index (κ2) is 9.43. The predicted molar refractivity (Wildman–Crippen MR) is 92.9 cm³/mol. The van der Waals surface area contributed by atoms with E-state index in [2.05, 4.69) is 34.9 Å². The van der Waals surface area contributed by atoms with E-state index < -0.39 is 6.09 Å². The van der Waals surface area contributed by atoms with Crippen molar-refractivity contribution >= 4 is 12.2 Å². The zero-order chi connectivity index (χ0) is 16.3. The Labute approximate surface area is 137 Å². The lowest BCUT2D eigenvalue weighted by molar-refractivity contribution is 0.141. The van der Waals surface area contributed by atoms with Crippen molar-refractivity contribution in [3.8, 4) is 0 Å². The Kier molecular flexibility index (Phi) is 6.88. The number of carbonyl (C=O) groups excluding carboxylic acids is 1. The minimum atomic E-state index is -0.414. The molecule has 0 radical (unpaired) electrons. The summed E-state index contributed by atoms with van der Waals surface area (Å²) in [5.74, 6) is 0. The van der Waals surface area contributed by atoms with Crippen LogP contribution < -0.4 is 10.6 Å². The summed E-state index contributed by atoms with van der Waals surface area (Å²) in [5, 5.41) is 5.81. The number of nitrogens with one attached hydrogen (secondary N) is 2. The van der Waals surface area contributed by atoms with Gasteiger partial charge in [-0.3, -0.25) is 0 Å². The van der Waals surface area contributed by atoms with E-state index in [1.165, 1.54) is 5.56 Å². The fourth-order valence-electron chi connectivity index (χ4n) is 2.06. The average molecular weight is 310 g/mol. The van der Waals surface area contributed by atoms with Gasteiger partial charge in [-0.05, 0) is 23.7 Å². The van der Waals surface area contributed by atoms with Crippen LogP contribution in [0.3, 0.4) is 0 Å². The zero-order valence-electron chi connectivity index (χ0n) is 13.3. The number of carbonyl (C=O) groups is 1. The number of ether oxygens (including phenoxy) is 1. The molecule has 0 atom stereocenters. The molecule has 0 aliphatic carbocycles. The van der Waals surface area contributed by atoms with Crippen LogP contribution in [0.25, 0.3) is 6.08 Å². The maximum Gasteiger partial charge on any atom is 0.407 e. The summed E-state index contributed by atoms with van der Waals surface area (Å²) in [7, 11) is 1.93. The molecule has 0 aromatic heterocycles. The van der Waals surface area contributed by atoms with E-state index in [-0.39, 0.29) is 6.61 Å². The first-order chi connectivity index (χ1) is 11.3. The van der Waals surface area contributed by atoms with E-state index in [0.29, 0.717) is 6.54 Å². The molecule has 0 aliphatic heterocycles. The molecule has 0 bridgehead atoms. The maximum atomic E-state index is 11.6. The molecule has 0 unspecified atom stereocenters. The lowest BCUT2D eigenvalue weighted by Crippen LogP contribution is -2.24. The third kappa shape index (κ3) is 6.36. The molecule has 2 aromatic rings. The van der Waals surface area contributed by atoms with Crippen LogP contribution in [0.1, 0.15) is 16.7 Å². The molecular weight excluding hydrogens is 288 g/mol. The molecule has 4 heteroatoms. The largest absolute Gasteiger partial charge is 0.445 e. The summed E-state index contributed by atoms with van der Waals surface area (Å²) >= 11 is 0. The Morgan fingerprint density at radius 1 is 1.04 bits per heavy atom. The van der Waals surface area contributed by atoms with E-state index in [1.807, 2.05) is 49.5 Å². The highest BCUT2D eigenvalue weighted by molar-refractivity contribution is 5.67. The average Bonchev–Trinajstić information content (AvgIpc) is 2.59. The SMILES string of the molecule is CNCc1ccc(C=CCNC(=O)OCc2ccccc2)cc1. The van der Waals surface area contributed by atoms with Gasteiger partial charge in [0.15, 0.2) is 0 Å². The zero-order valence-corrected chi connectivity index (χ0v) is 13.3. The quantitative estimate of drug-likeness (QED) is 0.824. The van der Waals surface area contributed by atoms with Crippen LogP contribution in [0.5, 0.6) is 0 Å². The molecule has 23 heavy (non-hydrogen) atoms. The molecule has 0 saturated carbocycles. The van der Waals surface area contributed by atoms with Crippen LogP contribution >= 0.6 is 0 Å². The number of benzene rings is 2. The minimum absolute atomic E-state index is 0.281. The fraction of sp³-hybridized carbons (Fsp3) is 0.211. The number of rotatable bonds is 7. The van der Waals surface area contributed by atoms with Gasteiger partial charge < -0.3 is 15.4 Å². The van der Waals surface area contributed by atoms with Crippen LogP contribution in [0.4, 0.5) is 4.79 Å². The van der Waals surface area contributed by atoms with Crippen molar-refractivity contribution in [2.45, 2.75) is 13.2 Å². The van der Waals surface area contributed by atoms with Gasteiger partial charge in [-0.15, -0.1) is 0 Å². The Balaban J connectivity index is 1.68. The summed E-state index contributed by atoms with van der Waals surface area (Å²) in [5.41, 5.74) is 3.32. The molecule has 0 spiro atoms. The third-order valence-electron chi connectivity index (χ3n) is 3.25. The minimum Gasteiger partial charge on any atom is -0.445 e. The van der Waals surface area contributed by atoms with E-state index in [9.17, 15) is 4.79 Å². The topological polar surface area (TPSA) is 50.4 Å². The van der Waals surface area contributed by atoms with E-state index in [0.717, 1.165) is 17.7 Å². The van der Waals surface area contributed by atoms with Gasteiger partial charge in [-0.1, -0.05) is 66.7 Å². The van der Waals surface area contributed by atoms with Crippen molar-refractivity contribution in [1.29, 1.82) is 0 Å². The van der Waals surface area contributed by atoms with Crippen molar-refractivity contribution < 1.29 is 9.53 Å². The van der Waals surface area contributed by atoms with Gasteiger partial charge in [-0.25, -0.2) is 4.79 Å². The normalized spacial score (nSPS) is 10.7. The molecule has 0 saturated heterocycles. The van der Waals surface area contributed by atoms with Gasteiger partial charge in [0.1, 0.15) is 6.61 Å². The fourth-order valence-corrected chi connectivity index (χ4v) is 2.06. The monoisotopic (exact) mass is 310 g/mol. The Morgan fingerprint density at radius 2 is 1.78 bits per heavy atom. The highest BCUT2D eigenvalue weighted by atomic mass is 16.5. The van der Waals surface area contributed by atoms with Gasteiger partial charge in [0.25, 0.3) is 0 Å². The molecule has 120 valence electrons. The van der Waals surface area contributed by atoms with Gasteiger partial charge in [0.2, 0.25) is 0 Å². The lowest BCUT2D eigenvalue weighted by Gasteiger charge is -2.05. The molecule has 1 amide bonds. The summed E-state index contributed by atoms with van der Waals surface area (Å²) in [6.45, 7) is 1.58. The smallest absolute Gasteiger partial charge is 0.407 e. The predicted octanol–water partition coefficient (Wildman–Crippen LogP) is 3.35. The maximum absolute atomic E-state index is 11.6. The van der Waals surface area contributed by atoms with E-state index >= 15 is 0 Å². The van der Waals surface area contributed by atoms with E-state index in [1.54, 1.807) is 0 Å². The highest BCUT2D eigenvalue weighted by Gasteiger charge is 2.00. The number of hydrogen-bond donors (Lipinski definition) is 2.